The summed E-state index contributed by atoms with van der Waals surface area (Å²) < 4.78 is 11.2. The van der Waals surface area contributed by atoms with Crippen molar-refractivity contribution in [3.05, 3.63) is 54.1 Å². The molecule has 2 aliphatic rings. The zero-order chi connectivity index (χ0) is 23.2. The van der Waals surface area contributed by atoms with Gasteiger partial charge in [-0.3, -0.25) is 9.59 Å². The summed E-state index contributed by atoms with van der Waals surface area (Å²) in [5.74, 6) is 0.132. The number of benzene rings is 2. The second-order valence-corrected chi connectivity index (χ2v) is 8.85. The highest BCUT2D eigenvalue weighted by Gasteiger charge is 2.34. The molecule has 1 fully saturated rings. The number of rotatable bonds is 8. The molecule has 1 aliphatic heterocycles. The van der Waals surface area contributed by atoms with Gasteiger partial charge in [-0.15, -0.1) is 0 Å². The van der Waals surface area contributed by atoms with Gasteiger partial charge in [0.15, 0.2) is 0 Å². The number of ether oxygens (including phenoxy) is 2. The van der Waals surface area contributed by atoms with Gasteiger partial charge in [-0.1, -0.05) is 43.5 Å². The molecule has 0 saturated heterocycles. The molecular weight excluding hydrogens is 420 g/mol. The average molecular weight is 453 g/mol. The maximum absolute atomic E-state index is 13.6. The fourth-order valence-corrected chi connectivity index (χ4v) is 4.84. The fraction of sp³-hybridized carbons (Fsp3) is 0.462. The minimum atomic E-state index is -0.797. The Balaban J connectivity index is 1.52. The van der Waals surface area contributed by atoms with Gasteiger partial charge in [-0.25, -0.2) is 0 Å². The molecule has 1 saturated carbocycles. The van der Waals surface area contributed by atoms with Crippen LogP contribution < -0.4 is 19.7 Å². The minimum absolute atomic E-state index is 0.122. The van der Waals surface area contributed by atoms with E-state index in [9.17, 15) is 14.7 Å². The molecule has 176 valence electrons. The number of carboxylic acid groups (broad SMARTS) is 1. The van der Waals surface area contributed by atoms with Gasteiger partial charge in [0.1, 0.15) is 24.1 Å². The van der Waals surface area contributed by atoms with Crippen molar-refractivity contribution in [2.24, 2.45) is 11.8 Å². The number of nitrogens with one attached hydrogen (secondary N) is 1. The van der Waals surface area contributed by atoms with Crippen molar-refractivity contribution < 1.29 is 24.2 Å². The van der Waals surface area contributed by atoms with Gasteiger partial charge in [-0.05, 0) is 48.6 Å². The van der Waals surface area contributed by atoms with Crippen LogP contribution in [-0.2, 0) is 16.1 Å². The summed E-state index contributed by atoms with van der Waals surface area (Å²) in [5, 5.41) is 13.1. The monoisotopic (exact) mass is 452 g/mol. The molecule has 0 spiro atoms. The molecule has 0 radical (unpaired) electrons. The highest BCUT2D eigenvalue weighted by Crippen LogP contribution is 2.33. The normalized spacial score (nSPS) is 19.8. The summed E-state index contributed by atoms with van der Waals surface area (Å²) in [6.07, 6.45) is 5.19. The maximum Gasteiger partial charge on any atom is 0.308 e. The second kappa shape index (κ2) is 10.7. The number of fused-ring (bicyclic) bond motifs is 1. The number of hydrogen-bond acceptors (Lipinski definition) is 5. The predicted molar refractivity (Wildman–Crippen MR) is 126 cm³/mol. The van der Waals surface area contributed by atoms with Gasteiger partial charge in [0.05, 0.1) is 25.3 Å². The van der Waals surface area contributed by atoms with Crippen LogP contribution in [0.2, 0.25) is 0 Å². The third-order valence-corrected chi connectivity index (χ3v) is 6.75. The van der Waals surface area contributed by atoms with Crippen molar-refractivity contribution in [1.29, 1.82) is 0 Å². The van der Waals surface area contributed by atoms with Crippen LogP contribution >= 0.6 is 0 Å². The first-order valence-electron chi connectivity index (χ1n) is 11.7. The Morgan fingerprint density at radius 3 is 2.58 bits per heavy atom. The smallest absolute Gasteiger partial charge is 0.308 e. The lowest BCUT2D eigenvalue weighted by Gasteiger charge is -2.29. The number of amides is 1. The van der Waals surface area contributed by atoms with Crippen molar-refractivity contribution in [3.8, 4) is 11.5 Å². The highest BCUT2D eigenvalue weighted by molar-refractivity contribution is 5.99. The molecule has 2 aromatic rings. The average Bonchev–Trinajstić information content (AvgIpc) is 2.97. The van der Waals surface area contributed by atoms with Crippen LogP contribution in [-0.4, -0.2) is 43.3 Å². The zero-order valence-electron chi connectivity index (χ0n) is 19.0. The van der Waals surface area contributed by atoms with E-state index >= 15 is 0 Å². The van der Waals surface area contributed by atoms with Crippen molar-refractivity contribution in [1.82, 2.24) is 5.32 Å². The van der Waals surface area contributed by atoms with Crippen molar-refractivity contribution >= 4 is 17.6 Å². The zero-order valence-corrected chi connectivity index (χ0v) is 19.0. The molecule has 4 rings (SSSR count). The van der Waals surface area contributed by atoms with Gasteiger partial charge in [0.2, 0.25) is 5.91 Å². The number of hydrogen-bond donors (Lipinski definition) is 2. The molecule has 0 aromatic heterocycles. The van der Waals surface area contributed by atoms with E-state index < -0.39 is 17.9 Å². The molecule has 2 atom stereocenters. The quantitative estimate of drug-likeness (QED) is 0.632. The van der Waals surface area contributed by atoms with Gasteiger partial charge < -0.3 is 24.8 Å². The van der Waals surface area contributed by atoms with Gasteiger partial charge in [-0.2, -0.15) is 0 Å². The Bertz CT molecular complexity index is 955. The van der Waals surface area contributed by atoms with E-state index in [4.69, 9.17) is 9.47 Å². The molecule has 33 heavy (non-hydrogen) atoms. The van der Waals surface area contributed by atoms with Crippen LogP contribution in [0.3, 0.4) is 0 Å². The highest BCUT2D eigenvalue weighted by atomic mass is 16.5. The number of para-hydroxylation sites is 2. The summed E-state index contributed by atoms with van der Waals surface area (Å²) in [5.41, 5.74) is 1.68. The lowest BCUT2D eigenvalue weighted by atomic mass is 9.80. The molecule has 1 heterocycles. The number of nitrogens with zero attached hydrogens (tertiary/aromatic N) is 1. The standard InChI is InChI=1S/C26H32N2O5/c1-32-20-13-11-18(12-14-20)16-28-23-9-5-6-10-24(23)33-17-22(25(28)29)27-15-21(26(30)31)19-7-3-2-4-8-19/h5-6,9-14,19,21-22,27H,2-4,7-8,15-17H2,1H3,(H,30,31)/t21-,22-/m0/s1. The molecule has 2 N–H and O–H groups in total. The van der Waals surface area contributed by atoms with Crippen LogP contribution in [0.5, 0.6) is 11.5 Å². The molecule has 1 amide bonds. The second-order valence-electron chi connectivity index (χ2n) is 8.85. The topological polar surface area (TPSA) is 88.1 Å². The molecule has 1 aliphatic carbocycles. The summed E-state index contributed by atoms with van der Waals surface area (Å²) in [7, 11) is 1.62. The Morgan fingerprint density at radius 1 is 1.15 bits per heavy atom. The Kier molecular flexibility index (Phi) is 7.50. The number of carbonyl (C=O) groups excluding carboxylic acids is 1. The van der Waals surface area contributed by atoms with Gasteiger partial charge in [0, 0.05) is 6.54 Å². The van der Waals surface area contributed by atoms with E-state index in [1.54, 1.807) is 12.0 Å². The van der Waals surface area contributed by atoms with Gasteiger partial charge in [0.25, 0.3) is 0 Å². The number of anilines is 1. The maximum atomic E-state index is 13.6. The van der Waals surface area contributed by atoms with Crippen LogP contribution in [0.15, 0.2) is 48.5 Å². The molecule has 2 aromatic carbocycles. The lowest BCUT2D eigenvalue weighted by Crippen LogP contribution is -2.50. The molecule has 0 bridgehead atoms. The third-order valence-electron chi connectivity index (χ3n) is 6.75. The van der Waals surface area contributed by atoms with Crippen LogP contribution in [0.1, 0.15) is 37.7 Å². The molecule has 0 unspecified atom stereocenters. The Morgan fingerprint density at radius 2 is 1.88 bits per heavy atom. The van der Waals surface area contributed by atoms with Crippen molar-refractivity contribution in [3.63, 3.8) is 0 Å². The predicted octanol–water partition coefficient (Wildman–Crippen LogP) is 3.86. The first-order valence-corrected chi connectivity index (χ1v) is 11.7. The summed E-state index contributed by atoms with van der Waals surface area (Å²) >= 11 is 0. The number of aliphatic carboxylic acids is 1. The number of carboxylic acids is 1. The van der Waals surface area contributed by atoms with Crippen LogP contribution in [0, 0.1) is 11.8 Å². The van der Waals surface area contributed by atoms with Crippen molar-refractivity contribution in [2.75, 3.05) is 25.2 Å². The summed E-state index contributed by atoms with van der Waals surface area (Å²) in [6.45, 7) is 0.796. The van der Waals surface area contributed by atoms with E-state index in [1.807, 2.05) is 48.5 Å². The van der Waals surface area contributed by atoms with Crippen LogP contribution in [0.25, 0.3) is 0 Å². The fourth-order valence-electron chi connectivity index (χ4n) is 4.84. The van der Waals surface area contributed by atoms with Crippen LogP contribution in [0.4, 0.5) is 5.69 Å². The van der Waals surface area contributed by atoms with E-state index in [2.05, 4.69) is 5.32 Å². The minimum Gasteiger partial charge on any atom is -0.497 e. The van der Waals surface area contributed by atoms with Crippen molar-refractivity contribution in [2.45, 2.75) is 44.7 Å². The molecule has 7 nitrogen and oxygen atoms in total. The number of carbonyl (C=O) groups is 2. The first-order chi connectivity index (χ1) is 16.1. The van der Waals surface area contributed by atoms with E-state index in [0.717, 1.165) is 37.0 Å². The SMILES string of the molecule is COc1ccc(CN2C(=O)[C@@H](NC[C@H](C(=O)O)C3CCCCC3)COc3ccccc32)cc1. The third kappa shape index (κ3) is 5.47. The largest absolute Gasteiger partial charge is 0.497 e. The molecule has 7 heteroatoms. The summed E-state index contributed by atoms with van der Waals surface area (Å²) in [4.78, 5) is 27.3. The molecular formula is C26H32N2O5. The summed E-state index contributed by atoms with van der Waals surface area (Å²) in [6, 6.07) is 14.5. The Hall–Kier alpha value is -3.06. The first kappa shape index (κ1) is 23.1. The van der Waals surface area contributed by atoms with E-state index in [1.165, 1.54) is 6.42 Å². The van der Waals surface area contributed by atoms with E-state index in [-0.39, 0.29) is 25.0 Å². The number of methoxy groups -OCH3 is 1. The van der Waals surface area contributed by atoms with E-state index in [0.29, 0.717) is 18.0 Å². The lowest BCUT2D eigenvalue weighted by molar-refractivity contribution is -0.144. The Labute approximate surface area is 194 Å². The van der Waals surface area contributed by atoms with Gasteiger partial charge >= 0.3 is 5.97 Å².